The Balaban J connectivity index is 1.77. The zero-order valence-electron chi connectivity index (χ0n) is 25.1. The van der Waals surface area contributed by atoms with E-state index in [9.17, 15) is 18.0 Å². The van der Waals surface area contributed by atoms with Gasteiger partial charge in [0.15, 0.2) is 0 Å². The number of benzene rings is 4. The zero-order valence-corrected chi connectivity index (χ0v) is 26.0. The molecule has 0 fully saturated rings. The van der Waals surface area contributed by atoms with E-state index in [1.54, 1.807) is 61.7 Å². The molecule has 4 rings (SSSR count). The Labute approximate surface area is 260 Å². The topological polar surface area (TPSA) is 96.0 Å². The Bertz CT molecular complexity index is 1600. The van der Waals surface area contributed by atoms with Gasteiger partial charge in [-0.25, -0.2) is 8.42 Å². The molecule has 9 heteroatoms. The number of hydrogen-bond acceptors (Lipinski definition) is 5. The summed E-state index contributed by atoms with van der Waals surface area (Å²) in [6.45, 7) is 2.08. The molecular formula is C35H39N3O5S. The molecule has 4 aromatic carbocycles. The molecule has 0 aliphatic rings. The molecule has 0 aliphatic carbocycles. The number of carbonyl (C=O) groups is 2. The maximum atomic E-state index is 14.4. The Morgan fingerprint density at radius 2 is 1.43 bits per heavy atom. The fourth-order valence-electron chi connectivity index (χ4n) is 4.87. The van der Waals surface area contributed by atoms with Crippen molar-refractivity contribution < 1.29 is 22.7 Å². The minimum atomic E-state index is -4.12. The van der Waals surface area contributed by atoms with E-state index in [2.05, 4.69) is 5.32 Å². The minimum Gasteiger partial charge on any atom is -0.497 e. The zero-order chi connectivity index (χ0) is 31.4. The molecule has 0 radical (unpaired) electrons. The molecule has 44 heavy (non-hydrogen) atoms. The van der Waals surface area contributed by atoms with Crippen LogP contribution in [0.25, 0.3) is 0 Å². The molecule has 230 valence electrons. The second kappa shape index (κ2) is 15.7. The summed E-state index contributed by atoms with van der Waals surface area (Å²) < 4.78 is 34.4. The van der Waals surface area contributed by atoms with Gasteiger partial charge in [0.2, 0.25) is 11.8 Å². The van der Waals surface area contributed by atoms with Gasteiger partial charge in [-0.05, 0) is 53.9 Å². The van der Waals surface area contributed by atoms with Gasteiger partial charge in [0, 0.05) is 19.5 Å². The molecule has 4 aromatic rings. The average molecular weight is 614 g/mol. The van der Waals surface area contributed by atoms with Gasteiger partial charge < -0.3 is 15.0 Å². The number of carbonyl (C=O) groups excluding carboxylic acids is 2. The van der Waals surface area contributed by atoms with Crippen molar-refractivity contribution in [1.29, 1.82) is 0 Å². The van der Waals surface area contributed by atoms with Crippen LogP contribution in [0.15, 0.2) is 120 Å². The first kappa shape index (κ1) is 32.3. The predicted molar refractivity (Wildman–Crippen MR) is 173 cm³/mol. The number of nitrogens with zero attached hydrogens (tertiary/aromatic N) is 2. The van der Waals surface area contributed by atoms with Crippen LogP contribution in [0.2, 0.25) is 0 Å². The summed E-state index contributed by atoms with van der Waals surface area (Å²) in [6.07, 6.45) is 1.95. The average Bonchev–Trinajstić information content (AvgIpc) is 3.06. The predicted octanol–water partition coefficient (Wildman–Crippen LogP) is 5.45. The molecule has 0 bridgehead atoms. The van der Waals surface area contributed by atoms with Crippen LogP contribution in [-0.2, 0) is 32.6 Å². The molecule has 1 unspecified atom stereocenters. The van der Waals surface area contributed by atoms with Crippen LogP contribution >= 0.6 is 0 Å². The number of rotatable bonds is 15. The number of ether oxygens (including phenoxy) is 1. The van der Waals surface area contributed by atoms with E-state index in [1.807, 2.05) is 55.5 Å². The maximum absolute atomic E-state index is 14.4. The molecule has 1 N–H and O–H groups in total. The molecular weight excluding hydrogens is 574 g/mol. The smallest absolute Gasteiger partial charge is 0.264 e. The number of hydrogen-bond donors (Lipinski definition) is 1. The lowest BCUT2D eigenvalue weighted by Crippen LogP contribution is -2.53. The molecule has 0 spiro atoms. The van der Waals surface area contributed by atoms with Crippen molar-refractivity contribution in [3.05, 3.63) is 126 Å². The number of methoxy groups -OCH3 is 1. The molecule has 2 amide bonds. The third-order valence-corrected chi connectivity index (χ3v) is 9.03. The van der Waals surface area contributed by atoms with Crippen molar-refractivity contribution in [1.82, 2.24) is 10.2 Å². The van der Waals surface area contributed by atoms with Gasteiger partial charge >= 0.3 is 0 Å². The first-order chi connectivity index (χ1) is 21.3. The second-order valence-corrected chi connectivity index (χ2v) is 12.2. The third kappa shape index (κ3) is 8.48. The SMILES string of the molecule is CCCCNC(=O)C(Cc1ccccc1)N(Cc1cccc(OC)c1)C(=O)CN(c1ccccc1)S(=O)(=O)c1ccccc1. The first-order valence-electron chi connectivity index (χ1n) is 14.7. The van der Waals surface area contributed by atoms with Crippen molar-refractivity contribution in [2.75, 3.05) is 24.5 Å². The number of sulfonamides is 1. The second-order valence-electron chi connectivity index (χ2n) is 10.4. The first-order valence-corrected chi connectivity index (χ1v) is 16.1. The van der Waals surface area contributed by atoms with Crippen LogP contribution in [0.5, 0.6) is 5.75 Å². The summed E-state index contributed by atoms with van der Waals surface area (Å²) in [5, 5.41) is 3.00. The summed E-state index contributed by atoms with van der Waals surface area (Å²) in [6, 6.07) is 32.4. The lowest BCUT2D eigenvalue weighted by Gasteiger charge is -2.34. The molecule has 0 heterocycles. The third-order valence-electron chi connectivity index (χ3n) is 7.24. The molecule has 0 saturated carbocycles. The monoisotopic (exact) mass is 613 g/mol. The Kier molecular flexibility index (Phi) is 11.5. The molecule has 8 nitrogen and oxygen atoms in total. The van der Waals surface area contributed by atoms with Crippen molar-refractivity contribution in [2.24, 2.45) is 0 Å². The minimum absolute atomic E-state index is 0.0640. The van der Waals surface area contributed by atoms with Crippen molar-refractivity contribution in [3.8, 4) is 5.75 Å². The van der Waals surface area contributed by atoms with E-state index in [1.165, 1.54) is 17.0 Å². The fourth-order valence-corrected chi connectivity index (χ4v) is 6.31. The summed E-state index contributed by atoms with van der Waals surface area (Å²) >= 11 is 0. The highest BCUT2D eigenvalue weighted by molar-refractivity contribution is 7.92. The number of anilines is 1. The quantitative estimate of drug-likeness (QED) is 0.180. The van der Waals surface area contributed by atoms with Crippen LogP contribution in [0.1, 0.15) is 30.9 Å². The van der Waals surface area contributed by atoms with Crippen molar-refractivity contribution >= 4 is 27.5 Å². The largest absolute Gasteiger partial charge is 0.497 e. The fraction of sp³-hybridized carbons (Fsp3) is 0.257. The van der Waals surface area contributed by atoms with Gasteiger partial charge in [-0.15, -0.1) is 0 Å². The number of nitrogens with one attached hydrogen (secondary N) is 1. The molecule has 0 aromatic heterocycles. The lowest BCUT2D eigenvalue weighted by molar-refractivity contribution is -0.140. The summed E-state index contributed by atoms with van der Waals surface area (Å²) in [4.78, 5) is 29.8. The van der Waals surface area contributed by atoms with Gasteiger partial charge in [0.1, 0.15) is 18.3 Å². The number of para-hydroxylation sites is 1. The summed E-state index contributed by atoms with van der Waals surface area (Å²) in [7, 11) is -2.56. The summed E-state index contributed by atoms with van der Waals surface area (Å²) in [5.41, 5.74) is 1.97. The highest BCUT2D eigenvalue weighted by atomic mass is 32.2. The Hall–Kier alpha value is -4.63. The highest BCUT2D eigenvalue weighted by Crippen LogP contribution is 2.25. The van der Waals surface area contributed by atoms with Crippen molar-refractivity contribution in [2.45, 2.75) is 43.7 Å². The molecule has 0 saturated heterocycles. The number of amides is 2. The normalized spacial score (nSPS) is 11.8. The van der Waals surface area contributed by atoms with E-state index < -0.39 is 28.5 Å². The van der Waals surface area contributed by atoms with E-state index >= 15 is 0 Å². The van der Waals surface area contributed by atoms with E-state index in [-0.39, 0.29) is 23.8 Å². The van der Waals surface area contributed by atoms with Gasteiger partial charge in [-0.3, -0.25) is 13.9 Å². The van der Waals surface area contributed by atoms with Crippen LogP contribution < -0.4 is 14.4 Å². The Morgan fingerprint density at radius 3 is 2.07 bits per heavy atom. The van der Waals surface area contributed by atoms with Crippen molar-refractivity contribution in [3.63, 3.8) is 0 Å². The lowest BCUT2D eigenvalue weighted by atomic mass is 10.0. The summed E-state index contributed by atoms with van der Waals surface area (Å²) in [5.74, 6) is -0.196. The number of unbranched alkanes of at least 4 members (excludes halogenated alkanes) is 1. The molecule has 0 aliphatic heterocycles. The highest BCUT2D eigenvalue weighted by Gasteiger charge is 2.34. The van der Waals surface area contributed by atoms with Crippen LogP contribution in [0.3, 0.4) is 0 Å². The van der Waals surface area contributed by atoms with Crippen LogP contribution in [0.4, 0.5) is 5.69 Å². The van der Waals surface area contributed by atoms with Gasteiger partial charge in [0.05, 0.1) is 17.7 Å². The van der Waals surface area contributed by atoms with Gasteiger partial charge in [0.25, 0.3) is 10.0 Å². The van der Waals surface area contributed by atoms with Crippen LogP contribution in [-0.4, -0.2) is 51.4 Å². The maximum Gasteiger partial charge on any atom is 0.264 e. The Morgan fingerprint density at radius 1 is 0.818 bits per heavy atom. The van der Waals surface area contributed by atoms with Gasteiger partial charge in [-0.1, -0.05) is 92.2 Å². The molecule has 1 atom stereocenters. The van der Waals surface area contributed by atoms with E-state index in [4.69, 9.17) is 4.74 Å². The van der Waals surface area contributed by atoms with Crippen LogP contribution in [0, 0.1) is 0 Å². The van der Waals surface area contributed by atoms with Gasteiger partial charge in [-0.2, -0.15) is 0 Å². The standard InChI is InChI=1S/C35H39N3O5S/c1-3-4-23-36-35(40)33(25-28-15-8-5-9-16-28)37(26-29-17-14-20-31(24-29)43-2)34(39)27-38(30-18-10-6-11-19-30)44(41,42)32-21-12-7-13-22-32/h5-22,24,33H,3-4,23,25-27H2,1-2H3,(H,36,40). The van der Waals surface area contributed by atoms with E-state index in [0.717, 1.165) is 28.3 Å². The van der Waals surface area contributed by atoms with E-state index in [0.29, 0.717) is 18.0 Å².